The lowest BCUT2D eigenvalue weighted by molar-refractivity contribution is -0.117. The van der Waals surface area contributed by atoms with E-state index in [4.69, 9.17) is 11.6 Å². The molecule has 0 aliphatic carbocycles. The van der Waals surface area contributed by atoms with Crippen molar-refractivity contribution in [3.63, 3.8) is 0 Å². The Morgan fingerprint density at radius 1 is 0.812 bits per heavy atom. The van der Waals surface area contributed by atoms with Crippen LogP contribution in [0.15, 0.2) is 102 Å². The Hall–Kier alpha value is -3.19. The highest BCUT2D eigenvalue weighted by Gasteiger charge is 2.26. The number of anilines is 1. The Morgan fingerprint density at radius 2 is 1.47 bits per heavy atom. The number of carbonyl (C=O) groups is 1. The Bertz CT molecular complexity index is 1340. The van der Waals surface area contributed by atoms with E-state index in [9.17, 15) is 13.2 Å². The zero-order valence-corrected chi connectivity index (χ0v) is 18.6. The average molecular weight is 465 g/mol. The minimum absolute atomic E-state index is 0.0397. The second kappa shape index (κ2) is 9.53. The number of halogens is 1. The van der Waals surface area contributed by atoms with Crippen LogP contribution in [0.2, 0.25) is 5.02 Å². The third-order valence-electron chi connectivity index (χ3n) is 5.07. The van der Waals surface area contributed by atoms with Crippen LogP contribution in [0.5, 0.6) is 0 Å². The third kappa shape index (κ3) is 5.16. The number of fused-ring (bicyclic) bond motifs is 1. The molecular formula is C25H21ClN2O3S. The SMILES string of the molecule is O=C(Nc1cccc2ccccc12)C(Cc1ccccc1)NS(=O)(=O)c1ccc(Cl)cc1. The molecule has 0 saturated heterocycles. The summed E-state index contributed by atoms with van der Waals surface area (Å²) in [6, 6.07) is 27.4. The van der Waals surface area contributed by atoms with Gasteiger partial charge in [0.25, 0.3) is 0 Å². The number of amides is 1. The van der Waals surface area contributed by atoms with Gasteiger partial charge in [-0.05, 0) is 47.7 Å². The quantitative estimate of drug-likeness (QED) is 0.403. The smallest absolute Gasteiger partial charge is 0.242 e. The molecule has 5 nitrogen and oxygen atoms in total. The summed E-state index contributed by atoms with van der Waals surface area (Å²) >= 11 is 5.88. The van der Waals surface area contributed by atoms with Crippen molar-refractivity contribution in [3.8, 4) is 0 Å². The lowest BCUT2D eigenvalue weighted by Gasteiger charge is -2.19. The molecule has 0 radical (unpaired) electrons. The molecule has 0 aliphatic heterocycles. The van der Waals surface area contributed by atoms with Gasteiger partial charge in [0, 0.05) is 16.1 Å². The van der Waals surface area contributed by atoms with Gasteiger partial charge in [-0.2, -0.15) is 4.72 Å². The van der Waals surface area contributed by atoms with Crippen molar-refractivity contribution in [1.82, 2.24) is 4.72 Å². The van der Waals surface area contributed by atoms with E-state index in [1.54, 1.807) is 6.07 Å². The Morgan fingerprint density at radius 3 is 2.22 bits per heavy atom. The summed E-state index contributed by atoms with van der Waals surface area (Å²) in [6.45, 7) is 0. The van der Waals surface area contributed by atoms with E-state index in [1.807, 2.05) is 66.7 Å². The monoisotopic (exact) mass is 464 g/mol. The van der Waals surface area contributed by atoms with Gasteiger partial charge < -0.3 is 5.32 Å². The molecule has 0 heterocycles. The second-order valence-electron chi connectivity index (χ2n) is 7.33. The highest BCUT2D eigenvalue weighted by atomic mass is 35.5. The van der Waals surface area contributed by atoms with E-state index < -0.39 is 22.0 Å². The lowest BCUT2D eigenvalue weighted by atomic mass is 10.1. The van der Waals surface area contributed by atoms with E-state index >= 15 is 0 Å². The van der Waals surface area contributed by atoms with Crippen LogP contribution in [0, 0.1) is 0 Å². The summed E-state index contributed by atoms with van der Waals surface area (Å²) in [5, 5.41) is 5.19. The van der Waals surface area contributed by atoms with Crippen LogP contribution in [0.4, 0.5) is 5.69 Å². The number of hydrogen-bond donors (Lipinski definition) is 2. The van der Waals surface area contributed by atoms with Crippen molar-refractivity contribution in [2.75, 3.05) is 5.32 Å². The van der Waals surface area contributed by atoms with Gasteiger partial charge in [-0.3, -0.25) is 4.79 Å². The van der Waals surface area contributed by atoms with E-state index in [1.165, 1.54) is 24.3 Å². The fourth-order valence-electron chi connectivity index (χ4n) is 3.46. The van der Waals surface area contributed by atoms with Gasteiger partial charge in [-0.1, -0.05) is 78.3 Å². The summed E-state index contributed by atoms with van der Waals surface area (Å²) in [7, 11) is -3.95. The van der Waals surface area contributed by atoms with Crippen LogP contribution in [0.1, 0.15) is 5.56 Å². The van der Waals surface area contributed by atoms with Crippen LogP contribution < -0.4 is 10.0 Å². The van der Waals surface area contributed by atoms with Crippen molar-refractivity contribution >= 4 is 44.0 Å². The number of nitrogens with one attached hydrogen (secondary N) is 2. The maximum absolute atomic E-state index is 13.3. The number of hydrogen-bond acceptors (Lipinski definition) is 3. The summed E-state index contributed by atoms with van der Waals surface area (Å²) in [6.07, 6.45) is 0.199. The first-order valence-corrected chi connectivity index (χ1v) is 11.9. The zero-order valence-electron chi connectivity index (χ0n) is 17.0. The first-order valence-electron chi connectivity index (χ1n) is 10.0. The maximum atomic E-state index is 13.3. The largest absolute Gasteiger partial charge is 0.324 e. The molecule has 1 unspecified atom stereocenters. The van der Waals surface area contributed by atoms with Crippen LogP contribution in [0.3, 0.4) is 0 Å². The normalized spacial score (nSPS) is 12.4. The molecule has 0 bridgehead atoms. The molecule has 0 aromatic heterocycles. The molecule has 7 heteroatoms. The minimum Gasteiger partial charge on any atom is -0.324 e. The van der Waals surface area contributed by atoms with Gasteiger partial charge >= 0.3 is 0 Å². The van der Waals surface area contributed by atoms with Crippen LogP contribution in [-0.2, 0) is 21.2 Å². The van der Waals surface area contributed by atoms with E-state index in [-0.39, 0.29) is 11.3 Å². The molecule has 0 spiro atoms. The highest BCUT2D eigenvalue weighted by molar-refractivity contribution is 7.89. The van der Waals surface area contributed by atoms with Gasteiger partial charge in [0.1, 0.15) is 6.04 Å². The highest BCUT2D eigenvalue weighted by Crippen LogP contribution is 2.23. The minimum atomic E-state index is -3.95. The van der Waals surface area contributed by atoms with Crippen molar-refractivity contribution in [2.45, 2.75) is 17.4 Å². The van der Waals surface area contributed by atoms with E-state index in [0.717, 1.165) is 16.3 Å². The predicted octanol–water partition coefficient (Wildman–Crippen LogP) is 5.02. The molecule has 32 heavy (non-hydrogen) atoms. The fraction of sp³-hybridized carbons (Fsp3) is 0.0800. The topological polar surface area (TPSA) is 75.3 Å². The number of benzene rings is 4. The molecule has 0 saturated carbocycles. The molecule has 1 atom stereocenters. The molecule has 0 aliphatic rings. The van der Waals surface area contributed by atoms with Crippen molar-refractivity contribution in [1.29, 1.82) is 0 Å². The lowest BCUT2D eigenvalue weighted by Crippen LogP contribution is -2.45. The molecule has 4 rings (SSSR count). The summed E-state index contributed by atoms with van der Waals surface area (Å²) in [5.41, 5.74) is 1.46. The molecule has 0 fully saturated rings. The van der Waals surface area contributed by atoms with Gasteiger partial charge in [0.15, 0.2) is 0 Å². The standard InChI is InChI=1S/C25H21ClN2O3S/c26-20-13-15-21(16-14-20)32(30,31)28-24(17-18-7-2-1-3-8-18)25(29)27-23-12-6-10-19-9-4-5-11-22(19)23/h1-16,24,28H,17H2,(H,27,29). The van der Waals surface area contributed by atoms with Crippen LogP contribution in [-0.4, -0.2) is 20.4 Å². The average Bonchev–Trinajstić information content (AvgIpc) is 2.80. The van der Waals surface area contributed by atoms with Gasteiger partial charge in [-0.25, -0.2) is 8.42 Å². The van der Waals surface area contributed by atoms with Gasteiger partial charge in [0.05, 0.1) is 4.90 Å². The van der Waals surface area contributed by atoms with Gasteiger partial charge in [0.2, 0.25) is 15.9 Å². The molecule has 4 aromatic carbocycles. The molecule has 162 valence electrons. The number of rotatable bonds is 7. The van der Waals surface area contributed by atoms with Crippen molar-refractivity contribution in [3.05, 3.63) is 108 Å². The third-order valence-corrected chi connectivity index (χ3v) is 6.81. The second-order valence-corrected chi connectivity index (χ2v) is 9.48. The van der Waals surface area contributed by atoms with E-state index in [0.29, 0.717) is 10.7 Å². The van der Waals surface area contributed by atoms with Gasteiger partial charge in [-0.15, -0.1) is 0 Å². The fourth-order valence-corrected chi connectivity index (χ4v) is 4.78. The van der Waals surface area contributed by atoms with Crippen LogP contribution in [0.25, 0.3) is 10.8 Å². The molecule has 4 aromatic rings. The molecule has 1 amide bonds. The number of carbonyl (C=O) groups excluding carboxylic acids is 1. The summed E-state index contributed by atoms with van der Waals surface area (Å²) in [5.74, 6) is -0.442. The van der Waals surface area contributed by atoms with E-state index in [2.05, 4.69) is 10.0 Å². The Balaban J connectivity index is 1.64. The van der Waals surface area contributed by atoms with Crippen molar-refractivity contribution < 1.29 is 13.2 Å². The zero-order chi connectivity index (χ0) is 22.6. The van der Waals surface area contributed by atoms with Crippen molar-refractivity contribution in [2.24, 2.45) is 0 Å². The summed E-state index contributed by atoms with van der Waals surface area (Å²) in [4.78, 5) is 13.3. The predicted molar refractivity (Wildman–Crippen MR) is 128 cm³/mol. The summed E-state index contributed by atoms with van der Waals surface area (Å²) < 4.78 is 28.5. The Labute approximate surface area is 192 Å². The molecule has 2 N–H and O–H groups in total. The number of sulfonamides is 1. The Kier molecular flexibility index (Phi) is 6.55. The first-order chi connectivity index (χ1) is 15.4. The first kappa shape index (κ1) is 22.0. The maximum Gasteiger partial charge on any atom is 0.242 e. The van der Waals surface area contributed by atoms with Crippen LogP contribution >= 0.6 is 11.6 Å². The molecular weight excluding hydrogens is 444 g/mol.